The van der Waals surface area contributed by atoms with Crippen LogP contribution in [0.3, 0.4) is 0 Å². The molecule has 0 spiro atoms. The maximum absolute atomic E-state index is 14.0. The Morgan fingerprint density at radius 2 is 1.44 bits per heavy atom. The van der Waals surface area contributed by atoms with E-state index in [1.807, 2.05) is 0 Å². The summed E-state index contributed by atoms with van der Waals surface area (Å²) in [5.41, 5.74) is -0.604. The molecule has 32 heavy (non-hydrogen) atoms. The molecule has 1 unspecified atom stereocenters. The van der Waals surface area contributed by atoms with Crippen LogP contribution >= 0.6 is 0 Å². The lowest BCUT2D eigenvalue weighted by atomic mass is 10.1. The van der Waals surface area contributed by atoms with E-state index >= 15 is 0 Å². The van der Waals surface area contributed by atoms with Gasteiger partial charge in [0.05, 0.1) is 6.61 Å². The summed E-state index contributed by atoms with van der Waals surface area (Å²) in [6.45, 7) is 2.86. The third-order valence-electron chi connectivity index (χ3n) is 6.20. The van der Waals surface area contributed by atoms with Crippen molar-refractivity contribution < 1.29 is 23.1 Å². The molecule has 0 N–H and O–H groups in total. The zero-order valence-corrected chi connectivity index (χ0v) is 19.6. The van der Waals surface area contributed by atoms with E-state index in [-0.39, 0.29) is 0 Å². The summed E-state index contributed by atoms with van der Waals surface area (Å²) in [4.78, 5) is 26.3. The fraction of sp³-hybridized carbons (Fsp3) is 0.692. The summed E-state index contributed by atoms with van der Waals surface area (Å²) >= 11 is 0. The highest BCUT2D eigenvalue weighted by Gasteiger charge is 2.37. The van der Waals surface area contributed by atoms with Crippen LogP contribution in [0, 0.1) is 11.6 Å². The van der Waals surface area contributed by atoms with Gasteiger partial charge in [-0.1, -0.05) is 83.6 Å². The SMILES string of the molecule is CCCCCCCCCCCCCCOC(=O)C1CCCN1C(=O)c1c(F)cccc1F. The van der Waals surface area contributed by atoms with Crippen molar-refractivity contribution in [2.24, 2.45) is 0 Å². The van der Waals surface area contributed by atoms with Gasteiger partial charge in [-0.25, -0.2) is 13.6 Å². The Bertz CT molecular complexity index is 690. The zero-order valence-electron chi connectivity index (χ0n) is 19.6. The largest absolute Gasteiger partial charge is 0.464 e. The number of unbranched alkanes of at least 4 members (excludes halogenated alkanes) is 11. The molecule has 1 aromatic carbocycles. The van der Waals surface area contributed by atoms with Gasteiger partial charge >= 0.3 is 5.97 Å². The first-order valence-electron chi connectivity index (χ1n) is 12.5. The van der Waals surface area contributed by atoms with E-state index in [0.29, 0.717) is 26.0 Å². The summed E-state index contributed by atoms with van der Waals surface area (Å²) in [6.07, 6.45) is 15.8. The Labute approximate surface area is 191 Å². The lowest BCUT2D eigenvalue weighted by Crippen LogP contribution is -2.42. The molecule has 1 aromatic rings. The van der Waals surface area contributed by atoms with Crippen LogP contribution in [0.15, 0.2) is 18.2 Å². The fourth-order valence-corrected chi connectivity index (χ4v) is 4.31. The smallest absolute Gasteiger partial charge is 0.328 e. The monoisotopic (exact) mass is 451 g/mol. The Kier molecular flexibility index (Phi) is 12.3. The number of nitrogens with zero attached hydrogens (tertiary/aromatic N) is 1. The molecule has 1 atom stereocenters. The zero-order chi connectivity index (χ0) is 23.2. The fourth-order valence-electron chi connectivity index (χ4n) is 4.31. The molecule has 0 bridgehead atoms. The van der Waals surface area contributed by atoms with E-state index in [0.717, 1.165) is 31.4 Å². The average molecular weight is 452 g/mol. The lowest BCUT2D eigenvalue weighted by Gasteiger charge is -2.23. The molecule has 0 aromatic heterocycles. The van der Waals surface area contributed by atoms with Gasteiger partial charge in [-0.3, -0.25) is 4.79 Å². The number of hydrogen-bond acceptors (Lipinski definition) is 3. The number of carbonyl (C=O) groups excluding carboxylic acids is 2. The second kappa shape index (κ2) is 15.0. The molecule has 2 rings (SSSR count). The normalized spacial score (nSPS) is 15.8. The molecular formula is C26H39F2NO3. The Morgan fingerprint density at radius 1 is 0.906 bits per heavy atom. The maximum Gasteiger partial charge on any atom is 0.328 e. The van der Waals surface area contributed by atoms with Gasteiger partial charge in [0.25, 0.3) is 5.91 Å². The standard InChI is InChI=1S/C26H39F2NO3/c1-2-3-4-5-6-7-8-9-10-11-12-13-20-32-26(31)23-18-15-19-29(23)25(30)24-21(27)16-14-17-22(24)28/h14,16-17,23H,2-13,15,18-20H2,1H3. The molecule has 1 fully saturated rings. The molecule has 1 aliphatic heterocycles. The van der Waals surface area contributed by atoms with Crippen LogP contribution in [0.5, 0.6) is 0 Å². The van der Waals surface area contributed by atoms with Gasteiger partial charge in [0.15, 0.2) is 0 Å². The van der Waals surface area contributed by atoms with Gasteiger partial charge in [-0.05, 0) is 31.4 Å². The first kappa shape index (κ1) is 26.3. The Hall–Kier alpha value is -1.98. The van der Waals surface area contributed by atoms with Crippen LogP contribution in [0.25, 0.3) is 0 Å². The van der Waals surface area contributed by atoms with Crippen molar-refractivity contribution in [3.05, 3.63) is 35.4 Å². The quantitative estimate of drug-likeness (QED) is 0.217. The van der Waals surface area contributed by atoms with E-state index in [2.05, 4.69) is 6.92 Å². The van der Waals surface area contributed by atoms with E-state index in [1.54, 1.807) is 0 Å². The average Bonchev–Trinajstić information content (AvgIpc) is 3.27. The van der Waals surface area contributed by atoms with Crippen molar-refractivity contribution in [2.75, 3.05) is 13.2 Å². The van der Waals surface area contributed by atoms with Crippen LogP contribution in [-0.4, -0.2) is 36.0 Å². The minimum absolute atomic E-state index is 0.297. The second-order valence-corrected chi connectivity index (χ2v) is 8.81. The maximum atomic E-state index is 14.0. The van der Waals surface area contributed by atoms with Crippen molar-refractivity contribution >= 4 is 11.9 Å². The first-order chi connectivity index (χ1) is 15.6. The van der Waals surface area contributed by atoms with Crippen molar-refractivity contribution in [2.45, 2.75) is 103 Å². The second-order valence-electron chi connectivity index (χ2n) is 8.81. The number of likely N-dealkylation sites (tertiary alicyclic amines) is 1. The molecule has 1 amide bonds. The third kappa shape index (κ3) is 8.51. The highest BCUT2D eigenvalue weighted by Crippen LogP contribution is 2.24. The predicted octanol–water partition coefficient (Wildman–Crippen LogP) is 6.81. The van der Waals surface area contributed by atoms with E-state index < -0.39 is 35.1 Å². The van der Waals surface area contributed by atoms with Crippen LogP contribution in [0.2, 0.25) is 0 Å². The highest BCUT2D eigenvalue weighted by molar-refractivity contribution is 5.97. The first-order valence-corrected chi connectivity index (χ1v) is 12.5. The number of ether oxygens (including phenoxy) is 1. The van der Waals surface area contributed by atoms with Gasteiger partial charge in [-0.2, -0.15) is 0 Å². The molecular weight excluding hydrogens is 412 g/mol. The predicted molar refractivity (Wildman–Crippen MR) is 122 cm³/mol. The highest BCUT2D eigenvalue weighted by atomic mass is 19.1. The minimum Gasteiger partial charge on any atom is -0.464 e. The van der Waals surface area contributed by atoms with Gasteiger partial charge in [0, 0.05) is 6.54 Å². The summed E-state index contributed by atoms with van der Waals surface area (Å²) < 4.78 is 33.3. The number of esters is 1. The lowest BCUT2D eigenvalue weighted by molar-refractivity contribution is -0.148. The third-order valence-corrected chi connectivity index (χ3v) is 6.20. The molecule has 1 heterocycles. The molecule has 0 radical (unpaired) electrons. The number of amides is 1. The van der Waals surface area contributed by atoms with Gasteiger partial charge < -0.3 is 9.64 Å². The molecule has 4 nitrogen and oxygen atoms in total. The van der Waals surface area contributed by atoms with Crippen molar-refractivity contribution in [1.29, 1.82) is 0 Å². The van der Waals surface area contributed by atoms with Crippen molar-refractivity contribution in [3.8, 4) is 0 Å². The summed E-state index contributed by atoms with van der Waals surface area (Å²) in [7, 11) is 0. The van der Waals surface area contributed by atoms with E-state index in [4.69, 9.17) is 4.74 Å². The molecule has 1 saturated heterocycles. The number of benzene rings is 1. The molecule has 6 heteroatoms. The summed E-state index contributed by atoms with van der Waals surface area (Å²) in [5.74, 6) is -3.09. The van der Waals surface area contributed by atoms with Gasteiger partial charge in [0.1, 0.15) is 23.2 Å². The topological polar surface area (TPSA) is 46.6 Å². The van der Waals surface area contributed by atoms with Crippen molar-refractivity contribution in [1.82, 2.24) is 4.90 Å². The summed E-state index contributed by atoms with van der Waals surface area (Å²) in [5, 5.41) is 0. The van der Waals surface area contributed by atoms with E-state index in [9.17, 15) is 18.4 Å². The van der Waals surface area contributed by atoms with Crippen molar-refractivity contribution in [3.63, 3.8) is 0 Å². The number of rotatable bonds is 15. The van der Waals surface area contributed by atoms with Crippen LogP contribution < -0.4 is 0 Å². The molecule has 180 valence electrons. The minimum atomic E-state index is -0.912. The van der Waals surface area contributed by atoms with Crippen LogP contribution in [-0.2, 0) is 9.53 Å². The van der Waals surface area contributed by atoms with E-state index in [1.165, 1.54) is 68.8 Å². The molecule has 0 aliphatic carbocycles. The number of halogens is 2. The molecule has 1 aliphatic rings. The summed E-state index contributed by atoms with van der Waals surface area (Å²) in [6, 6.07) is 2.55. The van der Waals surface area contributed by atoms with Gasteiger partial charge in [-0.15, -0.1) is 0 Å². The Balaban J connectivity index is 1.59. The molecule has 0 saturated carbocycles. The van der Waals surface area contributed by atoms with Crippen LogP contribution in [0.4, 0.5) is 8.78 Å². The number of carbonyl (C=O) groups is 2. The Morgan fingerprint density at radius 3 is 2.00 bits per heavy atom. The number of hydrogen-bond donors (Lipinski definition) is 0. The van der Waals surface area contributed by atoms with Crippen LogP contribution in [0.1, 0.15) is 107 Å². The van der Waals surface area contributed by atoms with Gasteiger partial charge in [0.2, 0.25) is 0 Å².